The summed E-state index contributed by atoms with van der Waals surface area (Å²) in [4.78, 5) is 25.6. The average Bonchev–Trinajstić information content (AvgIpc) is 2.44. The van der Waals surface area contributed by atoms with Crippen LogP contribution in [0.3, 0.4) is 0 Å². The predicted molar refractivity (Wildman–Crippen MR) is 79.7 cm³/mol. The van der Waals surface area contributed by atoms with Gasteiger partial charge < -0.3 is 15.2 Å². The van der Waals surface area contributed by atoms with Gasteiger partial charge in [0.2, 0.25) is 5.91 Å². The molecular weight excluding hydrogens is 254 g/mol. The van der Waals surface area contributed by atoms with E-state index in [0.717, 1.165) is 5.69 Å². The summed E-state index contributed by atoms with van der Waals surface area (Å²) in [5, 5.41) is 0. The second kappa shape index (κ2) is 5.61. The van der Waals surface area contributed by atoms with Crippen LogP contribution in [-0.2, 0) is 11.3 Å². The molecule has 0 radical (unpaired) electrons. The molecule has 5 nitrogen and oxygen atoms in total. The number of carbonyl (C=O) groups is 1. The monoisotopic (exact) mass is 271 g/mol. The van der Waals surface area contributed by atoms with Crippen molar-refractivity contribution in [3.63, 3.8) is 0 Å². The van der Waals surface area contributed by atoms with Crippen LogP contribution in [0.25, 0.3) is 0 Å². The Balaban J connectivity index is 2.17. The van der Waals surface area contributed by atoms with Crippen LogP contribution in [0.4, 0.5) is 11.4 Å². The summed E-state index contributed by atoms with van der Waals surface area (Å²) in [5.74, 6) is -0.164. The third-order valence-corrected chi connectivity index (χ3v) is 3.17. The largest absolute Gasteiger partial charge is 0.399 e. The van der Waals surface area contributed by atoms with Gasteiger partial charge in [-0.25, -0.2) is 0 Å². The van der Waals surface area contributed by atoms with Gasteiger partial charge in [0.05, 0.1) is 0 Å². The van der Waals surface area contributed by atoms with Crippen molar-refractivity contribution >= 4 is 17.3 Å². The molecule has 0 fully saturated rings. The van der Waals surface area contributed by atoms with Gasteiger partial charge >= 0.3 is 0 Å². The van der Waals surface area contributed by atoms with E-state index in [-0.39, 0.29) is 18.0 Å². The number of pyridine rings is 1. The van der Waals surface area contributed by atoms with E-state index in [1.165, 1.54) is 9.47 Å². The summed E-state index contributed by atoms with van der Waals surface area (Å²) in [6.07, 6.45) is 1.62. The van der Waals surface area contributed by atoms with Crippen molar-refractivity contribution in [2.75, 3.05) is 17.7 Å². The first kappa shape index (κ1) is 13.9. The molecule has 1 aromatic heterocycles. The van der Waals surface area contributed by atoms with Crippen molar-refractivity contribution in [3.8, 4) is 0 Å². The lowest BCUT2D eigenvalue weighted by atomic mass is 10.2. The Hall–Kier alpha value is -2.56. The van der Waals surface area contributed by atoms with Gasteiger partial charge in [-0.2, -0.15) is 0 Å². The third kappa shape index (κ3) is 2.88. The number of nitrogen functional groups attached to an aromatic ring is 1. The number of nitrogens with zero attached hydrogens (tertiary/aromatic N) is 2. The zero-order chi connectivity index (χ0) is 14.7. The molecule has 0 aliphatic rings. The number of rotatable bonds is 3. The zero-order valence-corrected chi connectivity index (χ0v) is 11.5. The van der Waals surface area contributed by atoms with Crippen molar-refractivity contribution < 1.29 is 4.79 Å². The van der Waals surface area contributed by atoms with E-state index in [9.17, 15) is 9.59 Å². The molecule has 0 unspecified atom stereocenters. The fourth-order valence-corrected chi connectivity index (χ4v) is 1.87. The van der Waals surface area contributed by atoms with Gasteiger partial charge in [0.25, 0.3) is 5.56 Å². The number of aromatic nitrogens is 1. The molecule has 104 valence electrons. The Morgan fingerprint density at radius 3 is 2.55 bits per heavy atom. The molecule has 1 heterocycles. The second-order valence-corrected chi connectivity index (χ2v) is 4.67. The standard InChI is InChI=1S/C15H17N3O2/c1-11-4-3-9-18(15(11)20)10-14(19)17(2)13-7-5-12(16)6-8-13/h3-9H,10,16H2,1-2H3. The number of aryl methyl sites for hydroxylation is 1. The van der Waals surface area contributed by atoms with Gasteiger partial charge in [-0.15, -0.1) is 0 Å². The second-order valence-electron chi connectivity index (χ2n) is 4.67. The maximum atomic E-state index is 12.2. The summed E-state index contributed by atoms with van der Waals surface area (Å²) in [6.45, 7) is 1.74. The van der Waals surface area contributed by atoms with E-state index in [1.54, 1.807) is 56.6 Å². The van der Waals surface area contributed by atoms with Gasteiger partial charge in [-0.05, 0) is 37.3 Å². The van der Waals surface area contributed by atoms with Crippen LogP contribution in [0, 0.1) is 6.92 Å². The molecule has 1 aromatic carbocycles. The normalized spacial score (nSPS) is 10.3. The highest BCUT2D eigenvalue weighted by molar-refractivity contribution is 5.92. The average molecular weight is 271 g/mol. The number of benzene rings is 1. The van der Waals surface area contributed by atoms with E-state index in [4.69, 9.17) is 5.73 Å². The minimum Gasteiger partial charge on any atom is -0.399 e. The number of hydrogen-bond donors (Lipinski definition) is 1. The Morgan fingerprint density at radius 1 is 1.25 bits per heavy atom. The first-order valence-corrected chi connectivity index (χ1v) is 6.27. The van der Waals surface area contributed by atoms with Crippen LogP contribution in [0.5, 0.6) is 0 Å². The molecule has 0 atom stereocenters. The number of carbonyl (C=O) groups excluding carboxylic acids is 1. The summed E-state index contributed by atoms with van der Waals surface area (Å²) in [6, 6.07) is 10.5. The molecule has 0 saturated carbocycles. The minimum atomic E-state index is -0.164. The fraction of sp³-hybridized carbons (Fsp3) is 0.200. The quantitative estimate of drug-likeness (QED) is 0.858. The Bertz CT molecular complexity index is 674. The zero-order valence-electron chi connectivity index (χ0n) is 11.5. The first-order valence-electron chi connectivity index (χ1n) is 6.27. The Labute approximate surface area is 117 Å². The SMILES string of the molecule is Cc1cccn(CC(=O)N(C)c2ccc(N)cc2)c1=O. The van der Waals surface area contributed by atoms with E-state index < -0.39 is 0 Å². The summed E-state index contributed by atoms with van der Waals surface area (Å²) in [7, 11) is 1.68. The van der Waals surface area contributed by atoms with Crippen LogP contribution in [-0.4, -0.2) is 17.5 Å². The van der Waals surface area contributed by atoms with E-state index >= 15 is 0 Å². The summed E-state index contributed by atoms with van der Waals surface area (Å²) in [5.41, 5.74) is 7.47. The minimum absolute atomic E-state index is 0.0153. The molecule has 2 N–H and O–H groups in total. The van der Waals surface area contributed by atoms with Crippen molar-refractivity contribution in [2.24, 2.45) is 0 Å². The first-order chi connectivity index (χ1) is 9.49. The van der Waals surface area contributed by atoms with Crippen molar-refractivity contribution in [1.29, 1.82) is 0 Å². The van der Waals surface area contributed by atoms with Crippen molar-refractivity contribution in [2.45, 2.75) is 13.5 Å². The highest BCUT2D eigenvalue weighted by Gasteiger charge is 2.12. The smallest absolute Gasteiger partial charge is 0.253 e. The highest BCUT2D eigenvalue weighted by Crippen LogP contribution is 2.15. The Kier molecular flexibility index (Phi) is 3.89. The van der Waals surface area contributed by atoms with Crippen LogP contribution < -0.4 is 16.2 Å². The molecule has 20 heavy (non-hydrogen) atoms. The summed E-state index contributed by atoms with van der Waals surface area (Å²) >= 11 is 0. The molecular formula is C15H17N3O2. The maximum absolute atomic E-state index is 12.2. The maximum Gasteiger partial charge on any atom is 0.253 e. The molecule has 0 saturated heterocycles. The van der Waals surface area contributed by atoms with E-state index in [2.05, 4.69) is 0 Å². The highest BCUT2D eigenvalue weighted by atomic mass is 16.2. The number of likely N-dealkylation sites (N-methyl/N-ethyl adjacent to an activating group) is 1. The van der Waals surface area contributed by atoms with Crippen LogP contribution in [0.2, 0.25) is 0 Å². The lowest BCUT2D eigenvalue weighted by molar-refractivity contribution is -0.118. The van der Waals surface area contributed by atoms with E-state index in [1.807, 2.05) is 0 Å². The number of amides is 1. The third-order valence-electron chi connectivity index (χ3n) is 3.17. The molecule has 0 spiro atoms. The van der Waals surface area contributed by atoms with Crippen LogP contribution in [0.1, 0.15) is 5.56 Å². The molecule has 0 bridgehead atoms. The van der Waals surface area contributed by atoms with Gasteiger partial charge in [0.15, 0.2) is 0 Å². The lowest BCUT2D eigenvalue weighted by Gasteiger charge is -2.18. The molecule has 2 aromatic rings. The van der Waals surface area contributed by atoms with Gasteiger partial charge in [-0.1, -0.05) is 6.07 Å². The number of anilines is 2. The van der Waals surface area contributed by atoms with E-state index in [0.29, 0.717) is 11.3 Å². The lowest BCUT2D eigenvalue weighted by Crippen LogP contribution is -2.34. The van der Waals surface area contributed by atoms with Gasteiger partial charge in [0, 0.05) is 30.2 Å². The van der Waals surface area contributed by atoms with Gasteiger partial charge in [0.1, 0.15) is 6.54 Å². The van der Waals surface area contributed by atoms with Crippen LogP contribution >= 0.6 is 0 Å². The van der Waals surface area contributed by atoms with Crippen molar-refractivity contribution in [3.05, 3.63) is 58.5 Å². The topological polar surface area (TPSA) is 68.3 Å². The molecule has 0 aliphatic carbocycles. The molecule has 0 aliphatic heterocycles. The van der Waals surface area contributed by atoms with Crippen molar-refractivity contribution in [1.82, 2.24) is 4.57 Å². The molecule has 1 amide bonds. The fourth-order valence-electron chi connectivity index (χ4n) is 1.87. The predicted octanol–water partition coefficient (Wildman–Crippen LogP) is 1.40. The number of hydrogen-bond acceptors (Lipinski definition) is 3. The Morgan fingerprint density at radius 2 is 1.90 bits per heavy atom. The number of nitrogens with two attached hydrogens (primary N) is 1. The molecule has 5 heteroatoms. The molecule has 2 rings (SSSR count). The van der Waals surface area contributed by atoms with Gasteiger partial charge in [-0.3, -0.25) is 9.59 Å². The summed E-state index contributed by atoms with van der Waals surface area (Å²) < 4.78 is 1.41. The van der Waals surface area contributed by atoms with Crippen LogP contribution in [0.15, 0.2) is 47.4 Å².